The molecular formula is C16H23NO. The van der Waals surface area contributed by atoms with Crippen molar-refractivity contribution in [2.75, 3.05) is 20.7 Å². The Morgan fingerprint density at radius 1 is 1.28 bits per heavy atom. The summed E-state index contributed by atoms with van der Waals surface area (Å²) >= 11 is 0. The highest BCUT2D eigenvalue weighted by Crippen LogP contribution is 2.48. The Kier molecular flexibility index (Phi) is 3.06. The van der Waals surface area contributed by atoms with Crippen molar-refractivity contribution in [3.8, 4) is 5.75 Å². The highest BCUT2D eigenvalue weighted by atomic mass is 16.5. The number of nitrogens with zero attached hydrogens (tertiary/aromatic N) is 1. The number of likely N-dealkylation sites (N-methyl/N-ethyl adjacent to an activating group) is 1. The fraction of sp³-hybridized carbons (Fsp3) is 0.625. The lowest BCUT2D eigenvalue weighted by molar-refractivity contribution is 0.181. The molecule has 98 valence electrons. The van der Waals surface area contributed by atoms with Gasteiger partial charge in [0.05, 0.1) is 7.11 Å². The second kappa shape index (κ2) is 4.58. The number of methoxy groups -OCH3 is 1. The minimum absolute atomic E-state index is 0.390. The standard InChI is InChI=1S/C16H23NO/c1-17-11-10-16(9-4-3-8-15(16)17)13-6-5-7-14(12-13)18-2/h5-7,12,15H,3-4,8-11H2,1-2H3. The van der Waals surface area contributed by atoms with E-state index in [1.807, 2.05) is 0 Å². The molecule has 0 aromatic heterocycles. The van der Waals surface area contributed by atoms with E-state index in [-0.39, 0.29) is 0 Å². The molecule has 0 spiro atoms. The molecule has 1 saturated carbocycles. The number of likely N-dealkylation sites (tertiary alicyclic amines) is 1. The lowest BCUT2D eigenvalue weighted by Gasteiger charge is -2.41. The van der Waals surface area contributed by atoms with Crippen molar-refractivity contribution >= 4 is 0 Å². The Labute approximate surface area is 110 Å². The SMILES string of the molecule is COc1cccc(C23CCCCC2N(C)CC3)c1. The summed E-state index contributed by atoms with van der Waals surface area (Å²) in [5, 5.41) is 0. The van der Waals surface area contributed by atoms with Crippen LogP contribution in [0.3, 0.4) is 0 Å². The van der Waals surface area contributed by atoms with Crippen molar-refractivity contribution < 1.29 is 4.74 Å². The lowest BCUT2D eigenvalue weighted by atomic mass is 9.66. The molecule has 1 aliphatic carbocycles. The molecule has 3 rings (SSSR count). The van der Waals surface area contributed by atoms with Gasteiger partial charge in [-0.3, -0.25) is 0 Å². The van der Waals surface area contributed by atoms with Crippen molar-refractivity contribution in [1.82, 2.24) is 4.90 Å². The average Bonchev–Trinajstić information content (AvgIpc) is 2.78. The zero-order chi connectivity index (χ0) is 12.6. The molecule has 2 atom stereocenters. The smallest absolute Gasteiger partial charge is 0.119 e. The van der Waals surface area contributed by atoms with E-state index in [4.69, 9.17) is 4.74 Å². The normalized spacial score (nSPS) is 32.2. The number of ether oxygens (including phenoxy) is 1. The average molecular weight is 245 g/mol. The van der Waals surface area contributed by atoms with Crippen LogP contribution in [-0.2, 0) is 5.41 Å². The summed E-state index contributed by atoms with van der Waals surface area (Å²) in [6, 6.07) is 9.50. The van der Waals surface area contributed by atoms with E-state index < -0.39 is 0 Å². The Morgan fingerprint density at radius 2 is 2.17 bits per heavy atom. The largest absolute Gasteiger partial charge is 0.497 e. The molecule has 1 saturated heterocycles. The molecule has 0 bridgehead atoms. The van der Waals surface area contributed by atoms with Crippen LogP contribution in [0.25, 0.3) is 0 Å². The van der Waals surface area contributed by atoms with Gasteiger partial charge in [-0.15, -0.1) is 0 Å². The lowest BCUT2D eigenvalue weighted by Crippen LogP contribution is -2.43. The van der Waals surface area contributed by atoms with Gasteiger partial charge in [-0.25, -0.2) is 0 Å². The van der Waals surface area contributed by atoms with Crippen molar-refractivity contribution in [1.29, 1.82) is 0 Å². The molecule has 2 unspecified atom stereocenters. The molecule has 0 amide bonds. The highest BCUT2D eigenvalue weighted by molar-refractivity contribution is 5.37. The summed E-state index contributed by atoms with van der Waals surface area (Å²) < 4.78 is 5.40. The van der Waals surface area contributed by atoms with Crippen LogP contribution in [0, 0.1) is 0 Å². The van der Waals surface area contributed by atoms with Crippen LogP contribution in [0.4, 0.5) is 0 Å². The van der Waals surface area contributed by atoms with E-state index in [1.54, 1.807) is 7.11 Å². The first-order valence-electron chi connectivity index (χ1n) is 7.11. The molecule has 0 radical (unpaired) electrons. The van der Waals surface area contributed by atoms with Gasteiger partial charge in [-0.05, 0) is 50.6 Å². The van der Waals surface area contributed by atoms with Crippen molar-refractivity contribution in [2.24, 2.45) is 0 Å². The number of hydrogen-bond donors (Lipinski definition) is 0. The quantitative estimate of drug-likeness (QED) is 0.793. The predicted molar refractivity (Wildman–Crippen MR) is 74.2 cm³/mol. The van der Waals surface area contributed by atoms with E-state index >= 15 is 0 Å². The molecular weight excluding hydrogens is 222 g/mol. The van der Waals surface area contributed by atoms with Gasteiger partial charge < -0.3 is 9.64 Å². The molecule has 0 N–H and O–H groups in total. The second-order valence-corrected chi connectivity index (χ2v) is 5.88. The third kappa shape index (κ3) is 1.74. The number of fused-ring (bicyclic) bond motifs is 1. The number of rotatable bonds is 2. The summed E-state index contributed by atoms with van der Waals surface area (Å²) in [7, 11) is 4.05. The maximum atomic E-state index is 5.40. The van der Waals surface area contributed by atoms with Crippen LogP contribution >= 0.6 is 0 Å². The van der Waals surface area contributed by atoms with Gasteiger partial charge in [0.1, 0.15) is 5.75 Å². The van der Waals surface area contributed by atoms with Crippen LogP contribution in [0.15, 0.2) is 24.3 Å². The van der Waals surface area contributed by atoms with Gasteiger partial charge in [0.25, 0.3) is 0 Å². The zero-order valence-electron chi connectivity index (χ0n) is 11.5. The molecule has 1 aromatic carbocycles. The van der Waals surface area contributed by atoms with Crippen LogP contribution in [-0.4, -0.2) is 31.6 Å². The third-order valence-electron chi connectivity index (χ3n) is 5.08. The van der Waals surface area contributed by atoms with E-state index in [2.05, 4.69) is 36.2 Å². The first-order chi connectivity index (χ1) is 8.76. The highest BCUT2D eigenvalue weighted by Gasteiger charge is 2.48. The predicted octanol–water partition coefficient (Wildman–Crippen LogP) is 3.21. The maximum absolute atomic E-state index is 5.40. The van der Waals surface area contributed by atoms with Crippen LogP contribution < -0.4 is 4.74 Å². The minimum atomic E-state index is 0.390. The summed E-state index contributed by atoms with van der Waals surface area (Å²) in [6.45, 7) is 1.24. The van der Waals surface area contributed by atoms with Crippen molar-refractivity contribution in [3.05, 3.63) is 29.8 Å². The molecule has 1 aromatic rings. The Bertz CT molecular complexity index is 427. The van der Waals surface area contributed by atoms with Gasteiger partial charge in [0.2, 0.25) is 0 Å². The first kappa shape index (κ1) is 12.0. The van der Waals surface area contributed by atoms with Crippen LogP contribution in [0.1, 0.15) is 37.7 Å². The van der Waals surface area contributed by atoms with Gasteiger partial charge >= 0.3 is 0 Å². The number of benzene rings is 1. The molecule has 2 nitrogen and oxygen atoms in total. The van der Waals surface area contributed by atoms with Gasteiger partial charge in [-0.1, -0.05) is 25.0 Å². The third-order valence-corrected chi connectivity index (χ3v) is 5.08. The van der Waals surface area contributed by atoms with Crippen LogP contribution in [0.5, 0.6) is 5.75 Å². The Balaban J connectivity index is 2.01. The summed E-state index contributed by atoms with van der Waals surface area (Å²) in [4.78, 5) is 2.57. The first-order valence-corrected chi connectivity index (χ1v) is 7.11. The van der Waals surface area contributed by atoms with Crippen molar-refractivity contribution in [3.63, 3.8) is 0 Å². The number of hydrogen-bond acceptors (Lipinski definition) is 2. The second-order valence-electron chi connectivity index (χ2n) is 5.88. The fourth-order valence-corrected chi connectivity index (χ4v) is 4.10. The molecule has 1 aliphatic heterocycles. The van der Waals surface area contributed by atoms with E-state index in [0.717, 1.165) is 11.8 Å². The molecule has 2 heteroatoms. The molecule has 18 heavy (non-hydrogen) atoms. The molecule has 2 fully saturated rings. The topological polar surface area (TPSA) is 12.5 Å². The zero-order valence-corrected chi connectivity index (χ0v) is 11.5. The van der Waals surface area contributed by atoms with Gasteiger partial charge in [0, 0.05) is 11.5 Å². The van der Waals surface area contributed by atoms with Crippen molar-refractivity contribution in [2.45, 2.75) is 43.6 Å². The van der Waals surface area contributed by atoms with E-state index in [1.165, 1.54) is 44.2 Å². The Morgan fingerprint density at radius 3 is 3.00 bits per heavy atom. The molecule has 1 heterocycles. The Hall–Kier alpha value is -1.02. The molecule has 2 aliphatic rings. The fourth-order valence-electron chi connectivity index (χ4n) is 4.10. The minimum Gasteiger partial charge on any atom is -0.497 e. The summed E-state index contributed by atoms with van der Waals surface area (Å²) in [5.41, 5.74) is 1.89. The van der Waals surface area contributed by atoms with Crippen LogP contribution in [0.2, 0.25) is 0 Å². The van der Waals surface area contributed by atoms with E-state index in [0.29, 0.717) is 5.41 Å². The monoisotopic (exact) mass is 245 g/mol. The van der Waals surface area contributed by atoms with Gasteiger partial charge in [0.15, 0.2) is 0 Å². The maximum Gasteiger partial charge on any atom is 0.119 e. The van der Waals surface area contributed by atoms with Gasteiger partial charge in [-0.2, -0.15) is 0 Å². The summed E-state index contributed by atoms with van der Waals surface area (Å²) in [5.74, 6) is 1.00. The van der Waals surface area contributed by atoms with E-state index in [9.17, 15) is 0 Å². The summed E-state index contributed by atoms with van der Waals surface area (Å²) in [6.07, 6.45) is 6.77.